The fourth-order valence-electron chi connectivity index (χ4n) is 4.12. The summed E-state index contributed by atoms with van der Waals surface area (Å²) < 4.78 is 11.7. The highest BCUT2D eigenvalue weighted by atomic mass is 16.6. The Morgan fingerprint density at radius 1 is 1.24 bits per heavy atom. The smallest absolute Gasteiger partial charge is 0.317 e. The van der Waals surface area contributed by atoms with Crippen molar-refractivity contribution in [3.63, 3.8) is 0 Å². The van der Waals surface area contributed by atoms with Gasteiger partial charge in [0.1, 0.15) is 17.6 Å². The lowest BCUT2D eigenvalue weighted by Crippen LogP contribution is -2.53. The Balaban J connectivity index is 1.70. The first-order chi connectivity index (χ1) is 13.7. The van der Waals surface area contributed by atoms with Crippen LogP contribution in [0.2, 0.25) is 0 Å². The van der Waals surface area contributed by atoms with Gasteiger partial charge in [-0.1, -0.05) is 23.3 Å². The number of rotatable bonds is 6. The molecule has 5 heteroatoms. The first kappa shape index (κ1) is 21.6. The molecule has 1 aromatic rings. The zero-order valence-corrected chi connectivity index (χ0v) is 17.8. The number of carbonyl (C=O) groups is 1. The highest BCUT2D eigenvalue weighted by Gasteiger charge is 2.51. The summed E-state index contributed by atoms with van der Waals surface area (Å²) >= 11 is 0. The van der Waals surface area contributed by atoms with Gasteiger partial charge in [0.25, 0.3) is 0 Å². The molecule has 29 heavy (non-hydrogen) atoms. The van der Waals surface area contributed by atoms with Crippen LogP contribution < -0.4 is 4.74 Å². The first-order valence-corrected chi connectivity index (χ1v) is 10.4. The molecule has 4 atom stereocenters. The first-order valence-electron chi connectivity index (χ1n) is 10.4. The van der Waals surface area contributed by atoms with Crippen LogP contribution in [0.1, 0.15) is 71.5 Å². The van der Waals surface area contributed by atoms with Gasteiger partial charge in [0.15, 0.2) is 0 Å². The number of aliphatic hydroxyl groups is 1. The molecular weight excluding hydrogens is 368 g/mol. The number of phenolic OH excluding ortho intramolecular Hbond substituents is 1. The third kappa shape index (κ3) is 4.90. The van der Waals surface area contributed by atoms with Crippen LogP contribution in [0.5, 0.6) is 11.5 Å². The Hall–Kier alpha value is -2.11. The maximum Gasteiger partial charge on any atom is 0.317 e. The van der Waals surface area contributed by atoms with Gasteiger partial charge in [0.05, 0.1) is 17.6 Å². The van der Waals surface area contributed by atoms with Gasteiger partial charge in [-0.3, -0.25) is 4.79 Å². The van der Waals surface area contributed by atoms with Crippen molar-refractivity contribution in [2.24, 2.45) is 5.92 Å². The zero-order valence-electron chi connectivity index (χ0n) is 17.8. The third-order valence-electron chi connectivity index (χ3n) is 5.99. The van der Waals surface area contributed by atoms with Gasteiger partial charge in [-0.05, 0) is 71.9 Å². The molecule has 0 aliphatic carbocycles. The molecule has 1 saturated heterocycles. The van der Waals surface area contributed by atoms with Crippen LogP contribution in [0.15, 0.2) is 41.5 Å². The van der Waals surface area contributed by atoms with E-state index in [1.807, 2.05) is 6.92 Å². The molecule has 0 bridgehead atoms. The van der Waals surface area contributed by atoms with Gasteiger partial charge in [-0.25, -0.2) is 0 Å². The number of ether oxygens (including phenoxy) is 2. The Morgan fingerprint density at radius 3 is 2.72 bits per heavy atom. The SMILES string of the molecule is CC(C)=CCC/C(C)=C/CC[C@]1(C)O[C@@H]2c3ccc(O)cc3OC(=O)[C@@H]2C[C@H]1O. The summed E-state index contributed by atoms with van der Waals surface area (Å²) in [7, 11) is 0. The van der Waals surface area contributed by atoms with Gasteiger partial charge >= 0.3 is 5.97 Å². The molecule has 0 saturated carbocycles. The van der Waals surface area contributed by atoms with Crippen molar-refractivity contribution in [2.45, 2.75) is 77.6 Å². The van der Waals surface area contributed by atoms with E-state index in [1.165, 1.54) is 17.2 Å². The van der Waals surface area contributed by atoms with Gasteiger partial charge < -0.3 is 19.7 Å². The molecule has 2 N–H and O–H groups in total. The summed E-state index contributed by atoms with van der Waals surface area (Å²) in [6.45, 7) is 8.26. The molecule has 5 nitrogen and oxygen atoms in total. The van der Waals surface area contributed by atoms with Crippen molar-refractivity contribution < 1.29 is 24.5 Å². The van der Waals surface area contributed by atoms with Gasteiger partial charge in [0.2, 0.25) is 0 Å². The standard InChI is InChI=1S/C24H32O5/c1-15(2)7-5-8-16(3)9-6-12-24(4)21(26)14-19-22(29-24)18-11-10-17(25)13-20(18)28-23(19)27/h7,9-11,13,19,21-22,25-26H,5-6,8,12,14H2,1-4H3/b16-9+/t19-,21-,22-,24+/m1/s1. The summed E-state index contributed by atoms with van der Waals surface area (Å²) in [6.07, 6.45) is 7.09. The van der Waals surface area contributed by atoms with Crippen LogP contribution in [0.25, 0.3) is 0 Å². The van der Waals surface area contributed by atoms with E-state index in [0.29, 0.717) is 18.6 Å². The minimum absolute atomic E-state index is 0.0438. The fourth-order valence-corrected chi connectivity index (χ4v) is 4.12. The lowest BCUT2D eigenvalue weighted by molar-refractivity contribution is -0.217. The Labute approximate surface area is 173 Å². The number of esters is 1. The Morgan fingerprint density at radius 2 is 2.00 bits per heavy atom. The molecular formula is C24H32O5. The fraction of sp³-hybridized carbons (Fsp3) is 0.542. The van der Waals surface area contributed by atoms with Crippen LogP contribution in [0, 0.1) is 5.92 Å². The van der Waals surface area contributed by atoms with E-state index in [0.717, 1.165) is 24.8 Å². The molecule has 0 spiro atoms. The van der Waals surface area contributed by atoms with Gasteiger partial charge in [-0.2, -0.15) is 0 Å². The van der Waals surface area contributed by atoms with Crippen molar-refractivity contribution in [3.05, 3.63) is 47.1 Å². The lowest BCUT2D eigenvalue weighted by atomic mass is 9.78. The van der Waals surface area contributed by atoms with Crippen molar-refractivity contribution in [1.29, 1.82) is 0 Å². The Kier molecular flexibility index (Phi) is 6.49. The number of phenols is 1. The summed E-state index contributed by atoms with van der Waals surface area (Å²) in [4.78, 5) is 12.4. The topological polar surface area (TPSA) is 76.0 Å². The maximum absolute atomic E-state index is 12.4. The van der Waals surface area contributed by atoms with Crippen molar-refractivity contribution in [3.8, 4) is 11.5 Å². The number of allylic oxidation sites excluding steroid dienone is 4. The van der Waals surface area contributed by atoms with E-state index in [1.54, 1.807) is 12.1 Å². The van der Waals surface area contributed by atoms with Crippen LogP contribution in [-0.2, 0) is 9.53 Å². The Bertz CT molecular complexity index is 821. The molecule has 2 heterocycles. The molecule has 158 valence electrons. The second-order valence-electron chi connectivity index (χ2n) is 8.76. The molecule has 3 rings (SSSR count). The normalized spacial score (nSPS) is 28.9. The van der Waals surface area contributed by atoms with Crippen LogP contribution in [0.4, 0.5) is 0 Å². The van der Waals surface area contributed by atoms with E-state index < -0.39 is 29.7 Å². The van der Waals surface area contributed by atoms with E-state index in [4.69, 9.17) is 9.47 Å². The number of hydrogen-bond acceptors (Lipinski definition) is 5. The van der Waals surface area contributed by atoms with E-state index in [2.05, 4.69) is 32.9 Å². The van der Waals surface area contributed by atoms with Gasteiger partial charge in [-0.15, -0.1) is 0 Å². The third-order valence-corrected chi connectivity index (χ3v) is 5.99. The summed E-state index contributed by atoms with van der Waals surface area (Å²) in [5.74, 6) is -0.562. The van der Waals surface area contributed by atoms with Crippen LogP contribution in [0.3, 0.4) is 0 Å². The molecule has 2 aliphatic heterocycles. The number of hydrogen-bond donors (Lipinski definition) is 2. The molecule has 2 aliphatic rings. The maximum atomic E-state index is 12.4. The molecule has 0 unspecified atom stereocenters. The van der Waals surface area contributed by atoms with E-state index >= 15 is 0 Å². The zero-order chi connectivity index (χ0) is 21.2. The van der Waals surface area contributed by atoms with Crippen molar-refractivity contribution in [1.82, 2.24) is 0 Å². The quantitative estimate of drug-likeness (QED) is 0.400. The second kappa shape index (κ2) is 8.72. The van der Waals surface area contributed by atoms with Crippen molar-refractivity contribution >= 4 is 5.97 Å². The van der Waals surface area contributed by atoms with Crippen LogP contribution >= 0.6 is 0 Å². The second-order valence-corrected chi connectivity index (χ2v) is 8.76. The average Bonchev–Trinajstić information content (AvgIpc) is 2.63. The molecule has 0 aromatic heterocycles. The molecule has 1 fully saturated rings. The largest absolute Gasteiger partial charge is 0.508 e. The monoisotopic (exact) mass is 400 g/mol. The number of aliphatic hydroxyl groups excluding tert-OH is 1. The highest BCUT2D eigenvalue weighted by Crippen LogP contribution is 2.49. The van der Waals surface area contributed by atoms with E-state index in [-0.39, 0.29) is 5.75 Å². The van der Waals surface area contributed by atoms with Crippen molar-refractivity contribution in [2.75, 3.05) is 0 Å². The molecule has 0 radical (unpaired) electrons. The highest BCUT2D eigenvalue weighted by molar-refractivity contribution is 5.79. The van der Waals surface area contributed by atoms with Crippen LogP contribution in [-0.4, -0.2) is 27.9 Å². The summed E-state index contributed by atoms with van der Waals surface area (Å²) in [5.41, 5.74) is 2.67. The minimum Gasteiger partial charge on any atom is -0.508 e. The summed E-state index contributed by atoms with van der Waals surface area (Å²) in [5, 5.41) is 20.4. The predicted octanol–water partition coefficient (Wildman–Crippen LogP) is 4.98. The average molecular weight is 401 g/mol. The number of benzene rings is 1. The van der Waals surface area contributed by atoms with Gasteiger partial charge in [0, 0.05) is 11.6 Å². The number of aromatic hydroxyl groups is 1. The summed E-state index contributed by atoms with van der Waals surface area (Å²) in [6, 6.07) is 4.74. The number of carbonyl (C=O) groups excluding carboxylic acids is 1. The molecule has 1 aromatic carbocycles. The molecule has 0 amide bonds. The predicted molar refractivity (Wildman–Crippen MR) is 112 cm³/mol. The van der Waals surface area contributed by atoms with E-state index in [9.17, 15) is 15.0 Å². The number of fused-ring (bicyclic) bond motifs is 3. The minimum atomic E-state index is -0.745. The lowest BCUT2D eigenvalue weighted by Gasteiger charge is -2.47.